The average molecular weight is 429 g/mol. The fraction of sp³-hybridized carbons (Fsp3) is 0.391. The number of ether oxygens (including phenoxy) is 1. The van der Waals surface area contributed by atoms with Crippen LogP contribution in [0.1, 0.15) is 42.5 Å². The summed E-state index contributed by atoms with van der Waals surface area (Å²) in [6, 6.07) is 11.0. The van der Waals surface area contributed by atoms with Crippen molar-refractivity contribution in [3.63, 3.8) is 0 Å². The third-order valence-corrected chi connectivity index (χ3v) is 7.10. The fourth-order valence-electron chi connectivity index (χ4n) is 4.57. The van der Waals surface area contributed by atoms with E-state index in [1.807, 2.05) is 18.3 Å². The Balaban J connectivity index is 1.70. The van der Waals surface area contributed by atoms with Crippen molar-refractivity contribution in [3.05, 3.63) is 59.3 Å². The highest BCUT2D eigenvalue weighted by molar-refractivity contribution is 7.85. The number of benzene rings is 2. The van der Waals surface area contributed by atoms with Crippen molar-refractivity contribution in [1.82, 2.24) is 9.88 Å². The molecular formula is C23H28N2O4S. The molecule has 7 heteroatoms. The minimum Gasteiger partial charge on any atom is -0.496 e. The van der Waals surface area contributed by atoms with E-state index in [4.69, 9.17) is 4.74 Å². The van der Waals surface area contributed by atoms with Crippen molar-refractivity contribution in [2.24, 2.45) is 5.92 Å². The number of nitrogens with one attached hydrogen (secondary N) is 1. The van der Waals surface area contributed by atoms with E-state index in [-0.39, 0.29) is 10.9 Å². The molecule has 160 valence electrons. The quantitative estimate of drug-likeness (QED) is 0.576. The smallest absolute Gasteiger partial charge is 0.294 e. The van der Waals surface area contributed by atoms with Crippen LogP contribution in [0.5, 0.6) is 5.75 Å². The van der Waals surface area contributed by atoms with Crippen LogP contribution in [-0.2, 0) is 16.7 Å². The molecule has 0 radical (unpaired) electrons. The minimum absolute atomic E-state index is 0.0732. The van der Waals surface area contributed by atoms with Gasteiger partial charge < -0.3 is 9.72 Å². The Morgan fingerprint density at radius 1 is 1.23 bits per heavy atom. The standard InChI is InChI=1S/C23H28N2O4S/c1-15-9-11-25(21(12-15)17-4-6-18(7-5-17)30(26,27)28)14-20-19-8-10-24-23(19)16(2)13-22(20)29-3/h4-8,10,13,15,21,24H,9,11-12,14H2,1-3H3,(H,26,27,28)/t15-,21+/m0/s1. The Morgan fingerprint density at radius 2 is 1.97 bits per heavy atom. The van der Waals surface area contributed by atoms with Crippen LogP contribution in [0.2, 0.25) is 0 Å². The number of H-pyrrole nitrogens is 1. The Hall–Kier alpha value is -2.35. The van der Waals surface area contributed by atoms with Gasteiger partial charge in [0.1, 0.15) is 5.75 Å². The number of aromatic amines is 1. The van der Waals surface area contributed by atoms with Crippen molar-refractivity contribution in [2.75, 3.05) is 13.7 Å². The fourth-order valence-corrected chi connectivity index (χ4v) is 5.05. The van der Waals surface area contributed by atoms with Gasteiger partial charge in [-0.05, 0) is 67.6 Å². The van der Waals surface area contributed by atoms with Crippen LogP contribution in [0.4, 0.5) is 0 Å². The second kappa shape index (κ2) is 8.06. The number of nitrogens with zero attached hydrogens (tertiary/aromatic N) is 1. The molecule has 2 aromatic carbocycles. The second-order valence-electron chi connectivity index (χ2n) is 8.30. The summed E-state index contributed by atoms with van der Waals surface area (Å²) in [7, 11) is -2.48. The van der Waals surface area contributed by atoms with Gasteiger partial charge >= 0.3 is 0 Å². The molecule has 0 unspecified atom stereocenters. The van der Waals surface area contributed by atoms with Gasteiger partial charge in [-0.25, -0.2) is 0 Å². The van der Waals surface area contributed by atoms with E-state index < -0.39 is 10.1 Å². The van der Waals surface area contributed by atoms with Crippen LogP contribution in [0, 0.1) is 12.8 Å². The molecule has 0 aliphatic carbocycles. The first-order valence-corrected chi connectivity index (χ1v) is 11.7. The van der Waals surface area contributed by atoms with E-state index in [0.717, 1.165) is 53.9 Å². The van der Waals surface area contributed by atoms with Gasteiger partial charge in [0.15, 0.2) is 0 Å². The van der Waals surface area contributed by atoms with Crippen molar-refractivity contribution < 1.29 is 17.7 Å². The molecule has 1 aliphatic heterocycles. The molecule has 6 nitrogen and oxygen atoms in total. The predicted molar refractivity (Wildman–Crippen MR) is 117 cm³/mol. The third kappa shape index (κ3) is 3.97. The predicted octanol–water partition coefficient (Wildman–Crippen LogP) is 4.70. The number of aryl methyl sites for hydroxylation is 1. The maximum atomic E-state index is 11.4. The first kappa shape index (κ1) is 20.9. The van der Waals surface area contributed by atoms with Crippen LogP contribution in [0.3, 0.4) is 0 Å². The summed E-state index contributed by atoms with van der Waals surface area (Å²) in [5.74, 6) is 1.47. The SMILES string of the molecule is COc1cc(C)c2[nH]ccc2c1CN1CC[C@H](C)C[C@@H]1c1ccc(S(=O)(=O)O)cc1. The minimum atomic E-state index is -4.19. The van der Waals surface area contributed by atoms with E-state index in [9.17, 15) is 13.0 Å². The third-order valence-electron chi connectivity index (χ3n) is 6.23. The highest BCUT2D eigenvalue weighted by Gasteiger charge is 2.29. The summed E-state index contributed by atoms with van der Waals surface area (Å²) in [5, 5.41) is 1.17. The van der Waals surface area contributed by atoms with Gasteiger partial charge in [-0.2, -0.15) is 8.42 Å². The Kier molecular flexibility index (Phi) is 5.61. The maximum Gasteiger partial charge on any atom is 0.294 e. The zero-order valence-electron chi connectivity index (χ0n) is 17.6. The first-order chi connectivity index (χ1) is 14.3. The number of methoxy groups -OCH3 is 1. The highest BCUT2D eigenvalue weighted by atomic mass is 32.2. The summed E-state index contributed by atoms with van der Waals surface area (Å²) < 4.78 is 37.8. The monoisotopic (exact) mass is 428 g/mol. The maximum absolute atomic E-state index is 11.4. The topological polar surface area (TPSA) is 82.6 Å². The number of hydrogen-bond donors (Lipinski definition) is 2. The molecule has 2 atom stereocenters. The molecule has 30 heavy (non-hydrogen) atoms. The van der Waals surface area contributed by atoms with Gasteiger partial charge in [0.25, 0.3) is 10.1 Å². The number of likely N-dealkylation sites (tertiary alicyclic amines) is 1. The molecule has 4 rings (SSSR count). The number of aromatic nitrogens is 1. The summed E-state index contributed by atoms with van der Waals surface area (Å²) >= 11 is 0. The number of fused-ring (bicyclic) bond motifs is 1. The molecule has 0 amide bonds. The Labute approximate surface area is 177 Å². The van der Waals surface area contributed by atoms with E-state index in [1.165, 1.54) is 17.5 Å². The van der Waals surface area contributed by atoms with Gasteiger partial charge in [0, 0.05) is 35.2 Å². The molecule has 0 bridgehead atoms. The molecular weight excluding hydrogens is 400 g/mol. The van der Waals surface area contributed by atoms with Crippen molar-refractivity contribution in [1.29, 1.82) is 0 Å². The zero-order valence-corrected chi connectivity index (χ0v) is 18.4. The lowest BCUT2D eigenvalue weighted by atomic mass is 9.87. The van der Waals surface area contributed by atoms with Crippen LogP contribution < -0.4 is 4.74 Å². The lowest BCUT2D eigenvalue weighted by molar-refractivity contribution is 0.110. The largest absolute Gasteiger partial charge is 0.496 e. The summed E-state index contributed by atoms with van der Waals surface area (Å²) in [5.41, 5.74) is 4.50. The van der Waals surface area contributed by atoms with E-state index in [1.54, 1.807) is 7.11 Å². The van der Waals surface area contributed by atoms with Gasteiger partial charge in [-0.3, -0.25) is 9.45 Å². The van der Waals surface area contributed by atoms with Crippen molar-refractivity contribution in [3.8, 4) is 5.75 Å². The van der Waals surface area contributed by atoms with Crippen LogP contribution in [0.15, 0.2) is 47.5 Å². The van der Waals surface area contributed by atoms with Gasteiger partial charge in [-0.15, -0.1) is 0 Å². The summed E-state index contributed by atoms with van der Waals surface area (Å²) in [6.07, 6.45) is 4.07. The molecule has 0 saturated carbocycles. The van der Waals surface area contributed by atoms with Crippen molar-refractivity contribution >= 4 is 21.0 Å². The van der Waals surface area contributed by atoms with Gasteiger partial charge in [-0.1, -0.05) is 19.1 Å². The van der Waals surface area contributed by atoms with Crippen molar-refractivity contribution in [2.45, 2.75) is 44.2 Å². The number of hydrogen-bond acceptors (Lipinski definition) is 4. The lowest BCUT2D eigenvalue weighted by Crippen LogP contribution is -2.36. The van der Waals surface area contributed by atoms with Crippen LogP contribution in [0.25, 0.3) is 10.9 Å². The first-order valence-electron chi connectivity index (χ1n) is 10.2. The Bertz CT molecular complexity index is 1150. The molecule has 1 aromatic heterocycles. The second-order valence-corrected chi connectivity index (χ2v) is 9.72. The lowest BCUT2D eigenvalue weighted by Gasteiger charge is -2.39. The molecule has 1 fully saturated rings. The highest BCUT2D eigenvalue weighted by Crippen LogP contribution is 2.38. The normalized spacial score (nSPS) is 20.5. The molecule has 2 N–H and O–H groups in total. The van der Waals surface area contributed by atoms with Crippen LogP contribution in [-0.4, -0.2) is 36.5 Å². The van der Waals surface area contributed by atoms with E-state index >= 15 is 0 Å². The molecule has 2 heterocycles. The average Bonchev–Trinajstić information content (AvgIpc) is 3.21. The Morgan fingerprint density at radius 3 is 2.63 bits per heavy atom. The zero-order chi connectivity index (χ0) is 21.5. The number of rotatable bonds is 5. The number of piperidine rings is 1. The summed E-state index contributed by atoms with van der Waals surface area (Å²) in [4.78, 5) is 5.71. The molecule has 1 aliphatic rings. The van der Waals surface area contributed by atoms with Crippen LogP contribution >= 0.6 is 0 Å². The van der Waals surface area contributed by atoms with E-state index in [0.29, 0.717) is 5.92 Å². The van der Waals surface area contributed by atoms with E-state index in [2.05, 4.69) is 35.9 Å². The molecule has 0 spiro atoms. The molecule has 1 saturated heterocycles. The molecule has 3 aromatic rings. The summed E-state index contributed by atoms with van der Waals surface area (Å²) in [6.45, 7) is 6.03. The van der Waals surface area contributed by atoms with Gasteiger partial charge in [0.2, 0.25) is 0 Å². The van der Waals surface area contributed by atoms with Gasteiger partial charge in [0.05, 0.1) is 12.0 Å².